The Balaban J connectivity index is 1.38. The van der Waals surface area contributed by atoms with Crippen molar-refractivity contribution in [2.75, 3.05) is 25.1 Å². The summed E-state index contributed by atoms with van der Waals surface area (Å²) in [6.07, 6.45) is 3.80. The monoisotopic (exact) mass is 427 g/mol. The second-order valence-corrected chi connectivity index (χ2v) is 7.89. The van der Waals surface area contributed by atoms with E-state index >= 15 is 0 Å². The molecule has 3 saturated heterocycles. The van der Waals surface area contributed by atoms with Crippen LogP contribution in [0, 0.1) is 11.3 Å². The fourth-order valence-corrected chi connectivity index (χ4v) is 4.34. The van der Waals surface area contributed by atoms with Gasteiger partial charge < -0.3 is 14.5 Å². The third-order valence-corrected chi connectivity index (χ3v) is 6.04. The van der Waals surface area contributed by atoms with Crippen LogP contribution in [0.2, 0.25) is 0 Å². The van der Waals surface area contributed by atoms with Gasteiger partial charge in [0.2, 0.25) is 11.8 Å². The van der Waals surface area contributed by atoms with Crippen molar-refractivity contribution >= 4 is 11.7 Å². The molecular formula is C22H23F2N5O2. The minimum absolute atomic E-state index is 0.0235. The van der Waals surface area contributed by atoms with Gasteiger partial charge in [-0.2, -0.15) is 5.26 Å². The van der Waals surface area contributed by atoms with Crippen LogP contribution in [0.4, 0.5) is 14.6 Å². The van der Waals surface area contributed by atoms with Crippen LogP contribution in [0.5, 0.6) is 5.88 Å². The number of methoxy groups -OCH3 is 1. The molecule has 162 valence electrons. The van der Waals surface area contributed by atoms with Crippen molar-refractivity contribution in [2.45, 2.75) is 43.7 Å². The molecule has 0 saturated carbocycles. The fraction of sp³-hybridized carbons (Fsp3) is 0.455. The Morgan fingerprint density at radius 1 is 1.26 bits per heavy atom. The minimum Gasteiger partial charge on any atom is -0.481 e. The van der Waals surface area contributed by atoms with Crippen molar-refractivity contribution in [1.82, 2.24) is 14.9 Å². The number of nitriles is 1. The smallest absolute Gasteiger partial charge is 0.274 e. The number of halogens is 2. The van der Waals surface area contributed by atoms with Gasteiger partial charge in [0.05, 0.1) is 12.7 Å². The highest BCUT2D eigenvalue weighted by Gasteiger charge is 2.42. The molecule has 5 heterocycles. The van der Waals surface area contributed by atoms with Gasteiger partial charge in [-0.25, -0.2) is 18.7 Å². The van der Waals surface area contributed by atoms with E-state index in [9.17, 15) is 13.6 Å². The van der Waals surface area contributed by atoms with E-state index in [4.69, 9.17) is 10.00 Å². The maximum absolute atomic E-state index is 14.6. The number of carbonyl (C=O) groups excluding carboxylic acids is 1. The van der Waals surface area contributed by atoms with Gasteiger partial charge >= 0.3 is 0 Å². The van der Waals surface area contributed by atoms with Crippen molar-refractivity contribution in [3.63, 3.8) is 0 Å². The summed E-state index contributed by atoms with van der Waals surface area (Å²) in [5.41, 5.74) is 0.292. The largest absolute Gasteiger partial charge is 0.481 e. The first-order valence-corrected chi connectivity index (χ1v) is 10.2. The predicted octanol–water partition coefficient (Wildman–Crippen LogP) is 3.11. The highest BCUT2D eigenvalue weighted by Crippen LogP contribution is 2.36. The number of anilines is 1. The lowest BCUT2D eigenvalue weighted by molar-refractivity contribution is -0.138. The van der Waals surface area contributed by atoms with Gasteiger partial charge in [0.1, 0.15) is 11.9 Å². The zero-order valence-corrected chi connectivity index (χ0v) is 17.2. The maximum atomic E-state index is 14.6. The molecule has 2 atom stereocenters. The van der Waals surface area contributed by atoms with Gasteiger partial charge in [-0.3, -0.25) is 4.79 Å². The average molecular weight is 427 g/mol. The van der Waals surface area contributed by atoms with E-state index in [0.717, 1.165) is 18.7 Å². The molecule has 2 aromatic rings. The summed E-state index contributed by atoms with van der Waals surface area (Å²) in [7, 11) is 1.37. The molecule has 9 heteroatoms. The van der Waals surface area contributed by atoms with Crippen molar-refractivity contribution in [1.29, 1.82) is 5.26 Å². The molecule has 2 bridgehead atoms. The Bertz CT molecular complexity index is 992. The van der Waals surface area contributed by atoms with Crippen LogP contribution < -0.4 is 9.64 Å². The molecule has 0 unspecified atom stereocenters. The summed E-state index contributed by atoms with van der Waals surface area (Å²) in [6.45, 7) is 1.12. The van der Waals surface area contributed by atoms with Crippen molar-refractivity contribution in [3.8, 4) is 11.9 Å². The maximum Gasteiger partial charge on any atom is 0.274 e. The van der Waals surface area contributed by atoms with Crippen molar-refractivity contribution in [3.05, 3.63) is 47.8 Å². The van der Waals surface area contributed by atoms with Crippen LogP contribution in [0.3, 0.4) is 0 Å². The van der Waals surface area contributed by atoms with Crippen LogP contribution >= 0.6 is 0 Å². The quantitative estimate of drug-likeness (QED) is 0.705. The minimum atomic E-state index is -3.14. The number of fused-ring (bicyclic) bond motifs is 3. The number of alkyl halides is 2. The first-order valence-electron chi connectivity index (χ1n) is 10.2. The van der Waals surface area contributed by atoms with Crippen LogP contribution in [0.15, 0.2) is 36.7 Å². The van der Waals surface area contributed by atoms with Crippen molar-refractivity contribution in [2.24, 2.45) is 0 Å². The van der Waals surface area contributed by atoms with Gasteiger partial charge in [0.25, 0.3) is 5.92 Å². The lowest BCUT2D eigenvalue weighted by Gasteiger charge is -2.52. The summed E-state index contributed by atoms with van der Waals surface area (Å²) in [4.78, 5) is 24.9. The highest BCUT2D eigenvalue weighted by molar-refractivity contribution is 5.77. The summed E-state index contributed by atoms with van der Waals surface area (Å²) in [6, 6.07) is 8.12. The number of piperidine rings is 2. The first kappa shape index (κ1) is 21.0. The molecule has 3 fully saturated rings. The lowest BCUT2D eigenvalue weighted by atomic mass is 9.90. The lowest BCUT2D eigenvalue weighted by Crippen LogP contribution is -2.64. The Hall–Kier alpha value is -3.28. The van der Waals surface area contributed by atoms with E-state index in [-0.39, 0.29) is 35.9 Å². The molecular weight excluding hydrogens is 404 g/mol. The van der Waals surface area contributed by atoms with Gasteiger partial charge in [-0.05, 0) is 31.0 Å². The SMILES string of the molecule is COc1cc(C(F)(F)CCC(=O)N2C[C@H]3CC[C@@H]2CN3c2ccc(C#N)cn2)ccn1. The molecule has 0 spiro atoms. The molecule has 0 N–H and O–H groups in total. The molecule has 5 rings (SSSR count). The van der Waals surface area contributed by atoms with E-state index in [1.807, 2.05) is 6.07 Å². The summed E-state index contributed by atoms with van der Waals surface area (Å²) in [5.74, 6) is -2.49. The number of nitrogens with zero attached hydrogens (tertiary/aromatic N) is 5. The summed E-state index contributed by atoms with van der Waals surface area (Å²) in [5, 5.41) is 8.94. The predicted molar refractivity (Wildman–Crippen MR) is 109 cm³/mol. The van der Waals surface area contributed by atoms with E-state index in [1.54, 1.807) is 11.0 Å². The third-order valence-electron chi connectivity index (χ3n) is 6.04. The zero-order valence-electron chi connectivity index (χ0n) is 17.2. The molecule has 7 nitrogen and oxygen atoms in total. The number of rotatable bonds is 6. The number of aromatic nitrogens is 2. The van der Waals surface area contributed by atoms with Gasteiger partial charge in [-0.15, -0.1) is 0 Å². The Morgan fingerprint density at radius 3 is 2.71 bits per heavy atom. The van der Waals surface area contributed by atoms with Crippen LogP contribution in [0.1, 0.15) is 36.8 Å². The Labute approximate surface area is 179 Å². The van der Waals surface area contributed by atoms with E-state index < -0.39 is 12.3 Å². The normalized spacial score (nSPS) is 20.5. The first-order chi connectivity index (χ1) is 14.9. The van der Waals surface area contributed by atoms with E-state index in [2.05, 4.69) is 20.9 Å². The van der Waals surface area contributed by atoms with Crippen LogP contribution in [-0.4, -0.2) is 53.1 Å². The number of amides is 1. The van der Waals surface area contributed by atoms with E-state index in [1.165, 1.54) is 31.6 Å². The number of ether oxygens (including phenoxy) is 1. The summed E-state index contributed by atoms with van der Waals surface area (Å²) < 4.78 is 34.2. The molecule has 0 radical (unpaired) electrons. The van der Waals surface area contributed by atoms with Gasteiger partial charge in [-0.1, -0.05) is 0 Å². The topological polar surface area (TPSA) is 82.4 Å². The number of carbonyl (C=O) groups is 1. The Kier molecular flexibility index (Phi) is 5.72. The fourth-order valence-electron chi connectivity index (χ4n) is 4.34. The summed E-state index contributed by atoms with van der Waals surface area (Å²) >= 11 is 0. The standard InChI is InChI=1S/C22H23F2N5O2/c1-31-20-10-16(7-9-26-20)22(23,24)8-6-21(30)29-14-17-3-4-18(29)13-28(17)19-5-2-15(11-25)12-27-19/h2,5,7,9-10,12,17-18H,3-4,6,8,13-14H2,1H3/t17-,18-/m1/s1. The molecule has 0 aromatic carbocycles. The average Bonchev–Trinajstić information content (AvgIpc) is 2.83. The van der Waals surface area contributed by atoms with Gasteiger partial charge in [0, 0.05) is 62.0 Å². The number of pyridine rings is 2. The molecule has 0 aliphatic carbocycles. The molecule has 3 aliphatic heterocycles. The zero-order chi connectivity index (χ0) is 22.0. The molecule has 3 aliphatic rings. The Morgan fingerprint density at radius 2 is 2.06 bits per heavy atom. The second-order valence-electron chi connectivity index (χ2n) is 7.89. The molecule has 2 aromatic heterocycles. The highest BCUT2D eigenvalue weighted by atomic mass is 19.3. The van der Waals surface area contributed by atoms with Crippen LogP contribution in [0.25, 0.3) is 0 Å². The number of hydrogen-bond donors (Lipinski definition) is 0. The van der Waals surface area contributed by atoms with Gasteiger partial charge in [0.15, 0.2) is 0 Å². The van der Waals surface area contributed by atoms with Crippen molar-refractivity contribution < 1.29 is 18.3 Å². The molecule has 31 heavy (non-hydrogen) atoms. The second kappa shape index (κ2) is 8.46. The third kappa shape index (κ3) is 4.29. The van der Waals surface area contributed by atoms with Crippen LogP contribution in [-0.2, 0) is 10.7 Å². The molecule has 1 amide bonds. The number of piperazine rings is 1. The number of hydrogen-bond acceptors (Lipinski definition) is 6. The van der Waals surface area contributed by atoms with E-state index in [0.29, 0.717) is 18.7 Å².